The molecule has 18 heavy (non-hydrogen) atoms. The zero-order valence-corrected chi connectivity index (χ0v) is 9.94. The SMILES string of the molecule is CCC(C)Nc1cc(C(=O)O)c([N+](=O)[O-])cc1F. The number of benzene rings is 1. The third kappa shape index (κ3) is 2.93. The maximum Gasteiger partial charge on any atom is 0.342 e. The first-order valence-corrected chi connectivity index (χ1v) is 5.34. The van der Waals surface area contributed by atoms with Gasteiger partial charge in [-0.1, -0.05) is 6.92 Å². The van der Waals surface area contributed by atoms with Crippen molar-refractivity contribution in [1.29, 1.82) is 0 Å². The number of aromatic carboxylic acids is 1. The first kappa shape index (κ1) is 13.9. The van der Waals surface area contributed by atoms with E-state index in [2.05, 4.69) is 5.32 Å². The molecule has 0 aliphatic heterocycles. The highest BCUT2D eigenvalue weighted by molar-refractivity contribution is 5.93. The predicted molar refractivity (Wildman–Crippen MR) is 63.4 cm³/mol. The molecular formula is C11H13FN2O4. The third-order valence-electron chi connectivity index (χ3n) is 2.53. The fourth-order valence-electron chi connectivity index (χ4n) is 1.36. The highest BCUT2D eigenvalue weighted by atomic mass is 19.1. The Balaban J connectivity index is 3.27. The molecule has 0 saturated heterocycles. The lowest BCUT2D eigenvalue weighted by Crippen LogP contribution is -2.15. The fraction of sp³-hybridized carbons (Fsp3) is 0.364. The van der Waals surface area contributed by atoms with E-state index in [1.165, 1.54) is 0 Å². The molecule has 1 rings (SSSR count). The molecule has 0 aliphatic rings. The largest absolute Gasteiger partial charge is 0.477 e. The van der Waals surface area contributed by atoms with Gasteiger partial charge in [0.05, 0.1) is 16.7 Å². The number of nitrogens with one attached hydrogen (secondary N) is 1. The maximum absolute atomic E-state index is 13.6. The van der Waals surface area contributed by atoms with E-state index in [0.717, 1.165) is 6.07 Å². The number of halogens is 1. The molecule has 98 valence electrons. The molecule has 0 amide bonds. The normalized spacial score (nSPS) is 11.9. The van der Waals surface area contributed by atoms with Gasteiger partial charge in [0.2, 0.25) is 0 Å². The lowest BCUT2D eigenvalue weighted by Gasteiger charge is -2.14. The molecule has 1 aromatic rings. The van der Waals surface area contributed by atoms with Crippen LogP contribution in [0.4, 0.5) is 15.8 Å². The highest BCUT2D eigenvalue weighted by Crippen LogP contribution is 2.26. The molecule has 0 heterocycles. The molecule has 0 saturated carbocycles. The second kappa shape index (κ2) is 5.44. The van der Waals surface area contributed by atoms with Gasteiger partial charge in [-0.25, -0.2) is 9.18 Å². The molecule has 0 fully saturated rings. The van der Waals surface area contributed by atoms with Crippen LogP contribution in [-0.2, 0) is 0 Å². The van der Waals surface area contributed by atoms with Crippen molar-refractivity contribution in [3.63, 3.8) is 0 Å². The minimum atomic E-state index is -1.46. The van der Waals surface area contributed by atoms with Crippen molar-refractivity contribution >= 4 is 17.3 Å². The second-order valence-corrected chi connectivity index (χ2v) is 3.87. The van der Waals surface area contributed by atoms with Crippen LogP contribution >= 0.6 is 0 Å². The van der Waals surface area contributed by atoms with Crippen molar-refractivity contribution in [3.05, 3.63) is 33.6 Å². The van der Waals surface area contributed by atoms with Crippen LogP contribution in [0.2, 0.25) is 0 Å². The van der Waals surface area contributed by atoms with E-state index in [9.17, 15) is 19.3 Å². The summed E-state index contributed by atoms with van der Waals surface area (Å²) in [5.41, 5.74) is -1.34. The third-order valence-corrected chi connectivity index (χ3v) is 2.53. The van der Waals surface area contributed by atoms with Crippen LogP contribution in [0, 0.1) is 15.9 Å². The average Bonchev–Trinajstić information content (AvgIpc) is 2.30. The lowest BCUT2D eigenvalue weighted by atomic mass is 10.1. The van der Waals surface area contributed by atoms with E-state index in [-0.39, 0.29) is 11.7 Å². The number of carboxylic acids is 1. The van der Waals surface area contributed by atoms with Gasteiger partial charge in [0.1, 0.15) is 5.56 Å². The first-order chi connectivity index (χ1) is 8.36. The summed E-state index contributed by atoms with van der Waals surface area (Å²) in [6.45, 7) is 3.67. The average molecular weight is 256 g/mol. The van der Waals surface area contributed by atoms with Crippen LogP contribution in [0.3, 0.4) is 0 Å². The van der Waals surface area contributed by atoms with Crippen LogP contribution in [0.25, 0.3) is 0 Å². The molecule has 0 bridgehead atoms. The summed E-state index contributed by atoms with van der Waals surface area (Å²) < 4.78 is 13.6. The molecule has 7 heteroatoms. The van der Waals surface area contributed by atoms with Gasteiger partial charge in [-0.15, -0.1) is 0 Å². The number of nitro benzene ring substituents is 1. The first-order valence-electron chi connectivity index (χ1n) is 5.34. The minimum Gasteiger partial charge on any atom is -0.477 e. The quantitative estimate of drug-likeness (QED) is 0.624. The van der Waals surface area contributed by atoms with Gasteiger partial charge in [-0.3, -0.25) is 10.1 Å². The van der Waals surface area contributed by atoms with E-state index >= 15 is 0 Å². The number of nitro groups is 1. The summed E-state index contributed by atoms with van der Waals surface area (Å²) in [6.07, 6.45) is 0.707. The van der Waals surface area contributed by atoms with E-state index in [4.69, 9.17) is 5.11 Å². The molecule has 1 unspecified atom stereocenters. The molecule has 1 atom stereocenters. The summed E-state index contributed by atoms with van der Waals surface area (Å²) in [5, 5.41) is 22.3. The van der Waals surface area contributed by atoms with Crippen molar-refractivity contribution < 1.29 is 19.2 Å². The summed E-state index contributed by atoms with van der Waals surface area (Å²) in [6, 6.07) is 1.50. The Bertz CT molecular complexity index is 490. The van der Waals surface area contributed by atoms with Crippen molar-refractivity contribution in [2.45, 2.75) is 26.3 Å². The molecule has 0 aliphatic carbocycles. The summed E-state index contributed by atoms with van der Waals surface area (Å²) >= 11 is 0. The zero-order valence-electron chi connectivity index (χ0n) is 9.94. The Morgan fingerprint density at radius 2 is 2.22 bits per heavy atom. The van der Waals surface area contributed by atoms with Crippen LogP contribution < -0.4 is 5.32 Å². The van der Waals surface area contributed by atoms with Crippen molar-refractivity contribution in [3.8, 4) is 0 Å². The Labute approximate surface area is 103 Å². The lowest BCUT2D eigenvalue weighted by molar-refractivity contribution is -0.385. The smallest absolute Gasteiger partial charge is 0.342 e. The Morgan fingerprint density at radius 3 is 2.67 bits per heavy atom. The number of carbonyl (C=O) groups is 1. The summed E-state index contributed by atoms with van der Waals surface area (Å²) in [4.78, 5) is 20.6. The number of anilines is 1. The summed E-state index contributed by atoms with van der Waals surface area (Å²) in [7, 11) is 0. The molecule has 2 N–H and O–H groups in total. The van der Waals surface area contributed by atoms with Gasteiger partial charge >= 0.3 is 5.97 Å². The predicted octanol–water partition coefficient (Wildman–Crippen LogP) is 2.64. The van der Waals surface area contributed by atoms with Gasteiger partial charge < -0.3 is 10.4 Å². The van der Waals surface area contributed by atoms with E-state index in [1.54, 1.807) is 6.92 Å². The van der Waals surface area contributed by atoms with E-state index in [1.807, 2.05) is 6.92 Å². The maximum atomic E-state index is 13.6. The Kier molecular flexibility index (Phi) is 4.19. The number of nitrogens with zero attached hydrogens (tertiary/aromatic N) is 1. The zero-order chi connectivity index (χ0) is 13.9. The van der Waals surface area contributed by atoms with Crippen LogP contribution in [0.1, 0.15) is 30.6 Å². The van der Waals surface area contributed by atoms with Gasteiger partial charge in [0, 0.05) is 6.04 Å². The highest BCUT2D eigenvalue weighted by Gasteiger charge is 2.23. The van der Waals surface area contributed by atoms with Gasteiger partial charge in [-0.05, 0) is 19.4 Å². The standard InChI is InChI=1S/C11H13FN2O4/c1-3-6(2)13-9-4-7(11(15)16)10(14(17)18)5-8(9)12/h4-6,13H,3H2,1-2H3,(H,15,16). The van der Waals surface area contributed by atoms with Gasteiger partial charge in [0.25, 0.3) is 5.69 Å². The van der Waals surface area contributed by atoms with Crippen molar-refractivity contribution in [2.24, 2.45) is 0 Å². The van der Waals surface area contributed by atoms with Crippen LogP contribution in [0.15, 0.2) is 12.1 Å². The van der Waals surface area contributed by atoms with E-state index < -0.39 is 28.0 Å². The molecule has 0 radical (unpaired) electrons. The number of carboxylic acid groups (broad SMARTS) is 1. The summed E-state index contributed by atoms with van der Waals surface area (Å²) in [5.74, 6) is -2.30. The van der Waals surface area contributed by atoms with Crippen LogP contribution in [0.5, 0.6) is 0 Å². The monoisotopic (exact) mass is 256 g/mol. The Hall–Kier alpha value is -2.18. The van der Waals surface area contributed by atoms with Crippen molar-refractivity contribution in [1.82, 2.24) is 0 Å². The number of hydrogen-bond acceptors (Lipinski definition) is 4. The fourth-order valence-corrected chi connectivity index (χ4v) is 1.36. The second-order valence-electron chi connectivity index (χ2n) is 3.87. The minimum absolute atomic E-state index is 0.0487. The number of rotatable bonds is 5. The topological polar surface area (TPSA) is 92.5 Å². The Morgan fingerprint density at radius 1 is 1.61 bits per heavy atom. The van der Waals surface area contributed by atoms with Gasteiger partial charge in [-0.2, -0.15) is 0 Å². The molecular weight excluding hydrogens is 243 g/mol. The molecule has 1 aromatic carbocycles. The number of hydrogen-bond donors (Lipinski definition) is 2. The van der Waals surface area contributed by atoms with E-state index in [0.29, 0.717) is 12.5 Å². The molecule has 6 nitrogen and oxygen atoms in total. The van der Waals surface area contributed by atoms with Crippen molar-refractivity contribution in [2.75, 3.05) is 5.32 Å². The van der Waals surface area contributed by atoms with Gasteiger partial charge in [0.15, 0.2) is 5.82 Å². The molecule has 0 spiro atoms. The molecule has 0 aromatic heterocycles. The van der Waals surface area contributed by atoms with Crippen LogP contribution in [-0.4, -0.2) is 22.0 Å².